The maximum Gasteiger partial charge on any atom is 0.312 e. The van der Waals surface area contributed by atoms with Crippen molar-refractivity contribution in [2.45, 2.75) is 69.5 Å². The number of hydrogen-bond acceptors (Lipinski definition) is 9. The third-order valence-corrected chi connectivity index (χ3v) is 7.69. The minimum Gasteiger partial charge on any atom is -0.459 e. The number of aliphatic hydroxyl groups is 2. The van der Waals surface area contributed by atoms with Gasteiger partial charge in [0, 0.05) is 25.2 Å². The molecule has 0 aromatic heterocycles. The number of rotatable bonds is 2. The zero-order valence-electron chi connectivity index (χ0n) is 19.6. The van der Waals surface area contributed by atoms with E-state index >= 15 is 0 Å². The van der Waals surface area contributed by atoms with Crippen molar-refractivity contribution in [1.29, 1.82) is 0 Å². The van der Waals surface area contributed by atoms with Crippen molar-refractivity contribution < 1.29 is 43.6 Å². The second kappa shape index (κ2) is 8.62. The van der Waals surface area contributed by atoms with E-state index in [-0.39, 0.29) is 5.57 Å². The predicted molar refractivity (Wildman–Crippen MR) is 119 cm³/mol. The Morgan fingerprint density at radius 1 is 1.12 bits per heavy atom. The monoisotopic (exact) mass is 496 g/mol. The normalized spacial score (nSPS) is 45.0. The molecule has 1 aliphatic heterocycles. The van der Waals surface area contributed by atoms with Crippen molar-refractivity contribution in [2.24, 2.45) is 17.3 Å². The first kappa shape index (κ1) is 26.1. The van der Waals surface area contributed by atoms with Crippen molar-refractivity contribution in [3.8, 4) is 0 Å². The molecule has 0 unspecified atom stereocenters. The van der Waals surface area contributed by atoms with Crippen LogP contribution in [-0.4, -0.2) is 68.8 Å². The summed E-state index contributed by atoms with van der Waals surface area (Å²) in [5, 5.41) is 22.4. The lowest BCUT2D eigenvalue weighted by atomic mass is 9.55. The lowest BCUT2D eigenvalue weighted by Gasteiger charge is -2.54. The van der Waals surface area contributed by atoms with Gasteiger partial charge in [0.2, 0.25) is 0 Å². The summed E-state index contributed by atoms with van der Waals surface area (Å²) in [6.07, 6.45) is 1.34. The zero-order valence-corrected chi connectivity index (χ0v) is 20.4. The second-order valence-electron chi connectivity index (χ2n) is 9.55. The summed E-state index contributed by atoms with van der Waals surface area (Å²) in [6.45, 7) is 10.4. The molecule has 0 amide bonds. The summed E-state index contributed by atoms with van der Waals surface area (Å²) < 4.78 is 16.6. The molecule has 3 aliphatic rings. The smallest absolute Gasteiger partial charge is 0.312 e. The molecule has 1 heterocycles. The molecule has 10 heteroatoms. The maximum atomic E-state index is 12.9. The first-order chi connectivity index (χ1) is 15.6. The van der Waals surface area contributed by atoms with Crippen LogP contribution in [0.2, 0.25) is 0 Å². The number of fused-ring (bicyclic) bond motifs is 2. The summed E-state index contributed by atoms with van der Waals surface area (Å²) in [4.78, 5) is 49.8. The summed E-state index contributed by atoms with van der Waals surface area (Å²) in [7, 11) is 0. The van der Waals surface area contributed by atoms with Crippen molar-refractivity contribution >= 4 is 35.3 Å². The van der Waals surface area contributed by atoms with Crippen LogP contribution < -0.4 is 0 Å². The van der Waals surface area contributed by atoms with E-state index in [0.29, 0.717) is 0 Å². The van der Waals surface area contributed by atoms with Crippen LogP contribution in [0.5, 0.6) is 0 Å². The molecule has 0 aromatic carbocycles. The fourth-order valence-electron chi connectivity index (χ4n) is 5.30. The topological polar surface area (TPSA) is 136 Å². The first-order valence-corrected chi connectivity index (χ1v) is 11.3. The average Bonchev–Trinajstić information content (AvgIpc) is 2.96. The molecule has 1 saturated heterocycles. The van der Waals surface area contributed by atoms with E-state index < -0.39 is 75.8 Å². The van der Waals surface area contributed by atoms with Gasteiger partial charge < -0.3 is 24.4 Å². The molecule has 34 heavy (non-hydrogen) atoms. The maximum absolute atomic E-state index is 12.9. The van der Waals surface area contributed by atoms with Gasteiger partial charge in [-0.25, -0.2) is 0 Å². The number of carbonyl (C=O) groups excluding carboxylic acids is 4. The van der Waals surface area contributed by atoms with Crippen molar-refractivity contribution in [2.75, 3.05) is 0 Å². The minimum absolute atomic E-state index is 0.232. The summed E-state index contributed by atoms with van der Waals surface area (Å²) in [5.74, 6) is -5.67. The van der Waals surface area contributed by atoms with Crippen LogP contribution in [0.25, 0.3) is 0 Å². The molecule has 186 valence electrons. The van der Waals surface area contributed by atoms with Crippen LogP contribution in [-0.2, 0) is 33.4 Å². The molecule has 0 saturated carbocycles. The van der Waals surface area contributed by atoms with Gasteiger partial charge in [0.15, 0.2) is 17.5 Å². The Labute approximate surface area is 202 Å². The zero-order chi connectivity index (χ0) is 25.8. The van der Waals surface area contributed by atoms with E-state index in [0.717, 1.165) is 13.0 Å². The number of esters is 3. The Morgan fingerprint density at radius 2 is 1.71 bits per heavy atom. The largest absolute Gasteiger partial charge is 0.459 e. The van der Waals surface area contributed by atoms with Crippen LogP contribution in [0.1, 0.15) is 34.6 Å². The molecule has 0 aromatic rings. The van der Waals surface area contributed by atoms with E-state index in [9.17, 15) is 29.4 Å². The fourth-order valence-corrected chi connectivity index (χ4v) is 5.62. The van der Waals surface area contributed by atoms with Crippen LogP contribution in [0.15, 0.2) is 36.5 Å². The number of carbonyl (C=O) groups is 4. The molecule has 9 nitrogen and oxygen atoms in total. The molecule has 1 fully saturated rings. The van der Waals surface area contributed by atoms with Gasteiger partial charge in [-0.2, -0.15) is 0 Å². The number of halogens is 1. The second-order valence-corrected chi connectivity index (χ2v) is 10.0. The molecule has 2 N–H and O–H groups in total. The number of hydrogen-bond donors (Lipinski definition) is 2. The van der Waals surface area contributed by atoms with Crippen molar-refractivity contribution in [1.82, 2.24) is 0 Å². The van der Waals surface area contributed by atoms with Gasteiger partial charge in [-0.15, -0.1) is 11.6 Å². The van der Waals surface area contributed by atoms with Crippen molar-refractivity contribution in [3.05, 3.63) is 36.5 Å². The Morgan fingerprint density at radius 3 is 2.26 bits per heavy atom. The Bertz CT molecular complexity index is 998. The lowest BCUT2D eigenvalue weighted by Crippen LogP contribution is -2.69. The van der Waals surface area contributed by atoms with E-state index in [1.54, 1.807) is 6.92 Å². The highest BCUT2D eigenvalue weighted by atomic mass is 35.5. The Kier molecular flexibility index (Phi) is 6.62. The van der Waals surface area contributed by atoms with Gasteiger partial charge in [0.1, 0.15) is 17.8 Å². The standard InChI is InChI=1S/C24H29ClO9/c1-11-7-8-16(32-13(3)26)22(5)10-9-15(28)23(6,30)18(22)20(33-14(4)27)24(31)12(2)21(29)34-19(24)17(11)25/h7-10,12,16-20,30-31H,1H2,2-6H3/b8-7-/t12-,16-,17-,18+,19-,20-,22+,23+,24-/m0/s1. The van der Waals surface area contributed by atoms with Crippen LogP contribution in [0.4, 0.5) is 0 Å². The molecule has 0 radical (unpaired) electrons. The number of ketones is 1. The molecule has 9 atom stereocenters. The van der Waals surface area contributed by atoms with Gasteiger partial charge in [-0.1, -0.05) is 25.7 Å². The minimum atomic E-state index is -2.27. The summed E-state index contributed by atoms with van der Waals surface area (Å²) >= 11 is 6.58. The predicted octanol–water partition coefficient (Wildman–Crippen LogP) is 1.39. The Balaban J connectivity index is 2.41. The van der Waals surface area contributed by atoms with Crippen LogP contribution in [0.3, 0.4) is 0 Å². The van der Waals surface area contributed by atoms with E-state index in [4.69, 9.17) is 25.8 Å². The molecule has 2 aliphatic carbocycles. The summed E-state index contributed by atoms with van der Waals surface area (Å²) in [6, 6.07) is 0. The van der Waals surface area contributed by atoms with Gasteiger partial charge in [-0.05, 0) is 31.6 Å². The highest BCUT2D eigenvalue weighted by molar-refractivity contribution is 6.23. The van der Waals surface area contributed by atoms with Crippen molar-refractivity contribution in [3.63, 3.8) is 0 Å². The molecule has 3 rings (SSSR count). The molecule has 0 spiro atoms. The first-order valence-electron chi connectivity index (χ1n) is 10.8. The van der Waals surface area contributed by atoms with E-state index in [1.807, 2.05) is 0 Å². The SMILES string of the molecule is C=C1/C=C\[C@H](OC(C)=O)[C@@]2(C)C=CC(=O)[C@@](C)(O)[C@@H]2[C@H](OC(C)=O)[C@]2(O)[C@@H](C)C(=O)O[C@H]2[C@H]1Cl. The lowest BCUT2D eigenvalue weighted by molar-refractivity contribution is -0.224. The molecular formula is C24H29ClO9. The molecular weight excluding hydrogens is 468 g/mol. The Hall–Kier alpha value is -2.49. The average molecular weight is 497 g/mol. The third-order valence-electron chi connectivity index (χ3n) is 7.18. The number of alkyl halides is 1. The van der Waals surface area contributed by atoms with Gasteiger partial charge in [0.05, 0.1) is 11.3 Å². The highest BCUT2D eigenvalue weighted by Gasteiger charge is 2.70. The third kappa shape index (κ3) is 3.89. The fraction of sp³-hybridized carbons (Fsp3) is 0.583. The van der Waals surface area contributed by atoms with Gasteiger partial charge >= 0.3 is 17.9 Å². The van der Waals surface area contributed by atoms with E-state index in [2.05, 4.69) is 6.58 Å². The van der Waals surface area contributed by atoms with Gasteiger partial charge in [0.25, 0.3) is 0 Å². The van der Waals surface area contributed by atoms with Crippen LogP contribution >= 0.6 is 11.6 Å². The molecule has 0 bridgehead atoms. The quantitative estimate of drug-likeness (QED) is 0.330. The van der Waals surface area contributed by atoms with Gasteiger partial charge in [-0.3, -0.25) is 19.2 Å². The van der Waals surface area contributed by atoms with Crippen LogP contribution in [0, 0.1) is 17.3 Å². The highest BCUT2D eigenvalue weighted by Crippen LogP contribution is 2.54. The summed E-state index contributed by atoms with van der Waals surface area (Å²) in [5.41, 5.74) is -5.65. The van der Waals surface area contributed by atoms with E-state index in [1.165, 1.54) is 39.0 Å². The number of allylic oxidation sites excluding steroid dienone is 1. The number of ether oxygens (including phenoxy) is 3.